The molecule has 6 nitrogen and oxygen atoms in total. The molecule has 0 aromatic heterocycles. The Kier molecular flexibility index (Phi) is 7.66. The number of hydrogen-bond donors (Lipinski definition) is 1. The molecule has 0 aliphatic carbocycles. The Balaban J connectivity index is 2.33. The zero-order valence-electron chi connectivity index (χ0n) is 15.5. The van der Waals surface area contributed by atoms with Crippen molar-refractivity contribution in [1.82, 2.24) is 0 Å². The van der Waals surface area contributed by atoms with Crippen LogP contribution in [0.2, 0.25) is 0 Å². The van der Waals surface area contributed by atoms with Crippen LogP contribution in [-0.2, 0) is 4.79 Å². The van der Waals surface area contributed by atoms with E-state index < -0.39 is 5.91 Å². The second-order valence-corrected chi connectivity index (χ2v) is 6.31. The number of methoxy groups -OCH3 is 2. The first kappa shape index (κ1) is 21.1. The molecule has 144 valence electrons. The Morgan fingerprint density at radius 3 is 2.61 bits per heavy atom. The normalized spacial score (nSPS) is 10.6. The summed E-state index contributed by atoms with van der Waals surface area (Å²) in [5, 5.41) is 12.1. The molecule has 2 aromatic carbocycles. The summed E-state index contributed by atoms with van der Waals surface area (Å²) < 4.78 is 16.8. The number of ether oxygens (including phenoxy) is 3. The molecule has 2 rings (SSSR count). The number of para-hydroxylation sites is 2. The van der Waals surface area contributed by atoms with Gasteiger partial charge in [-0.25, -0.2) is 0 Å². The Labute approximate surface area is 172 Å². The van der Waals surface area contributed by atoms with E-state index in [1.54, 1.807) is 42.5 Å². The van der Waals surface area contributed by atoms with Crippen molar-refractivity contribution in [2.24, 2.45) is 0 Å². The molecule has 1 N–H and O–H groups in total. The third-order valence-corrected chi connectivity index (χ3v) is 4.22. The number of nitrogens with zero attached hydrogens (tertiary/aromatic N) is 1. The Morgan fingerprint density at radius 2 is 1.96 bits per heavy atom. The highest BCUT2D eigenvalue weighted by Gasteiger charge is 2.15. The predicted molar refractivity (Wildman–Crippen MR) is 112 cm³/mol. The number of amides is 1. The summed E-state index contributed by atoms with van der Waals surface area (Å²) in [5.41, 5.74) is 1.00. The topological polar surface area (TPSA) is 80.6 Å². The lowest BCUT2D eigenvalue weighted by Crippen LogP contribution is -2.14. The second kappa shape index (κ2) is 10.2. The lowest BCUT2D eigenvalue weighted by molar-refractivity contribution is -0.112. The highest BCUT2D eigenvalue weighted by molar-refractivity contribution is 9.10. The molecular weight excluding hydrogens is 424 g/mol. The number of rotatable bonds is 8. The zero-order chi connectivity index (χ0) is 20.5. The highest BCUT2D eigenvalue weighted by atomic mass is 79.9. The molecule has 0 unspecified atom stereocenters. The maximum absolute atomic E-state index is 12.5. The number of halogens is 1. The average molecular weight is 443 g/mol. The molecule has 1 amide bonds. The number of anilines is 1. The molecule has 7 heteroatoms. The number of carbonyl (C=O) groups excluding carboxylic acids is 1. The summed E-state index contributed by atoms with van der Waals surface area (Å²) >= 11 is 3.42. The van der Waals surface area contributed by atoms with Crippen molar-refractivity contribution in [2.75, 3.05) is 26.1 Å². The number of benzene rings is 2. The van der Waals surface area contributed by atoms with Gasteiger partial charge in [-0.05, 0) is 51.8 Å². The van der Waals surface area contributed by atoms with E-state index in [9.17, 15) is 10.1 Å². The lowest BCUT2D eigenvalue weighted by atomic mass is 10.1. The van der Waals surface area contributed by atoms with Gasteiger partial charge in [-0.15, -0.1) is 0 Å². The monoisotopic (exact) mass is 442 g/mol. The summed E-state index contributed by atoms with van der Waals surface area (Å²) in [4.78, 5) is 12.5. The van der Waals surface area contributed by atoms with Crippen LogP contribution in [-0.4, -0.2) is 26.7 Å². The fourth-order valence-corrected chi connectivity index (χ4v) is 2.93. The molecule has 0 saturated carbocycles. The fraction of sp³-hybridized carbons (Fsp3) is 0.143. The first-order valence-corrected chi connectivity index (χ1v) is 9.00. The van der Waals surface area contributed by atoms with Gasteiger partial charge in [-0.3, -0.25) is 4.79 Å². The first-order valence-electron chi connectivity index (χ1n) is 8.21. The zero-order valence-corrected chi connectivity index (χ0v) is 17.1. The summed E-state index contributed by atoms with van der Waals surface area (Å²) in [7, 11) is 3.02. The van der Waals surface area contributed by atoms with Crippen molar-refractivity contribution in [3.05, 3.63) is 64.7 Å². The van der Waals surface area contributed by atoms with Gasteiger partial charge in [-0.1, -0.05) is 24.8 Å². The van der Waals surface area contributed by atoms with Gasteiger partial charge in [0.2, 0.25) is 0 Å². The smallest absolute Gasteiger partial charge is 0.266 e. The van der Waals surface area contributed by atoms with Crippen molar-refractivity contribution in [3.8, 4) is 23.3 Å². The molecule has 0 atom stereocenters. The summed E-state index contributed by atoms with van der Waals surface area (Å²) in [5.74, 6) is 0.928. The van der Waals surface area contributed by atoms with E-state index >= 15 is 0 Å². The van der Waals surface area contributed by atoms with E-state index in [1.807, 2.05) is 6.07 Å². The molecule has 0 aliphatic rings. The third kappa shape index (κ3) is 5.15. The van der Waals surface area contributed by atoms with Crippen LogP contribution in [0.1, 0.15) is 5.56 Å². The molecular formula is C21H19BrN2O4. The minimum absolute atomic E-state index is 0.0698. The number of nitriles is 1. The Hall–Kier alpha value is -3.24. The second-order valence-electron chi connectivity index (χ2n) is 5.46. The highest BCUT2D eigenvalue weighted by Crippen LogP contribution is 2.37. The van der Waals surface area contributed by atoms with E-state index in [0.29, 0.717) is 39.6 Å². The van der Waals surface area contributed by atoms with E-state index in [-0.39, 0.29) is 5.57 Å². The molecule has 28 heavy (non-hydrogen) atoms. The minimum atomic E-state index is -0.547. The van der Waals surface area contributed by atoms with Crippen molar-refractivity contribution >= 4 is 33.6 Å². The SMILES string of the molecule is C=CCOc1c(Br)cc(/C=C(\C#N)C(=O)Nc2ccccc2OC)cc1OC. The average Bonchev–Trinajstić information content (AvgIpc) is 2.71. The number of carbonyl (C=O) groups is 1. The van der Waals surface area contributed by atoms with Crippen LogP contribution in [0, 0.1) is 11.3 Å². The van der Waals surface area contributed by atoms with E-state index in [0.717, 1.165) is 0 Å². The van der Waals surface area contributed by atoms with Crippen molar-refractivity contribution in [3.63, 3.8) is 0 Å². The van der Waals surface area contributed by atoms with Crippen molar-refractivity contribution in [2.45, 2.75) is 0 Å². The molecule has 0 aliphatic heterocycles. The van der Waals surface area contributed by atoms with Crippen LogP contribution in [0.15, 0.2) is 59.1 Å². The minimum Gasteiger partial charge on any atom is -0.495 e. The van der Waals surface area contributed by atoms with E-state index in [4.69, 9.17) is 14.2 Å². The summed E-state index contributed by atoms with van der Waals surface area (Å²) in [6, 6.07) is 12.3. The summed E-state index contributed by atoms with van der Waals surface area (Å²) in [6.07, 6.45) is 3.09. The fourth-order valence-electron chi connectivity index (χ4n) is 2.36. The van der Waals surface area contributed by atoms with Gasteiger partial charge in [0, 0.05) is 0 Å². The number of hydrogen-bond acceptors (Lipinski definition) is 5. The molecule has 2 aromatic rings. The molecule has 0 heterocycles. The van der Waals surface area contributed by atoms with Crippen LogP contribution in [0.3, 0.4) is 0 Å². The molecule has 0 fully saturated rings. The molecule has 0 spiro atoms. The van der Waals surface area contributed by atoms with Gasteiger partial charge in [0.1, 0.15) is 24.0 Å². The standard InChI is InChI=1S/C21H19BrN2O4/c1-4-9-28-20-16(22)11-14(12-19(20)27-3)10-15(13-23)21(25)24-17-7-5-6-8-18(17)26-2/h4-8,10-12H,1,9H2,2-3H3,(H,24,25)/b15-10+. The van der Waals surface area contributed by atoms with Crippen LogP contribution >= 0.6 is 15.9 Å². The van der Waals surface area contributed by atoms with Gasteiger partial charge >= 0.3 is 0 Å². The van der Waals surface area contributed by atoms with Gasteiger partial charge in [0.15, 0.2) is 11.5 Å². The first-order chi connectivity index (χ1) is 13.5. The van der Waals surface area contributed by atoms with Gasteiger partial charge in [-0.2, -0.15) is 5.26 Å². The molecule has 0 bridgehead atoms. The van der Waals surface area contributed by atoms with E-state index in [1.165, 1.54) is 20.3 Å². The Morgan fingerprint density at radius 1 is 1.25 bits per heavy atom. The molecule has 0 radical (unpaired) electrons. The van der Waals surface area contributed by atoms with Crippen LogP contribution in [0.5, 0.6) is 17.2 Å². The van der Waals surface area contributed by atoms with Gasteiger partial charge in [0.25, 0.3) is 5.91 Å². The van der Waals surface area contributed by atoms with Gasteiger partial charge in [0.05, 0.1) is 24.4 Å². The maximum Gasteiger partial charge on any atom is 0.266 e. The quantitative estimate of drug-likeness (QED) is 0.367. The van der Waals surface area contributed by atoms with Crippen LogP contribution < -0.4 is 19.5 Å². The third-order valence-electron chi connectivity index (χ3n) is 3.63. The predicted octanol–water partition coefficient (Wildman–Crippen LogP) is 4.58. The Bertz CT molecular complexity index is 948. The molecule has 0 saturated heterocycles. The number of nitrogens with one attached hydrogen (secondary N) is 1. The van der Waals surface area contributed by atoms with E-state index in [2.05, 4.69) is 27.8 Å². The largest absolute Gasteiger partial charge is 0.495 e. The van der Waals surface area contributed by atoms with Crippen molar-refractivity contribution < 1.29 is 19.0 Å². The van der Waals surface area contributed by atoms with Crippen LogP contribution in [0.25, 0.3) is 6.08 Å². The van der Waals surface area contributed by atoms with Gasteiger partial charge < -0.3 is 19.5 Å². The lowest BCUT2D eigenvalue weighted by Gasteiger charge is -2.13. The van der Waals surface area contributed by atoms with Crippen LogP contribution in [0.4, 0.5) is 5.69 Å². The van der Waals surface area contributed by atoms with Crippen molar-refractivity contribution in [1.29, 1.82) is 5.26 Å². The summed E-state index contributed by atoms with van der Waals surface area (Å²) in [6.45, 7) is 3.93. The maximum atomic E-state index is 12.5.